The highest BCUT2D eigenvalue weighted by molar-refractivity contribution is 5.49. The van der Waals surface area contributed by atoms with Gasteiger partial charge in [-0.2, -0.15) is 4.98 Å². The van der Waals surface area contributed by atoms with E-state index in [1.807, 2.05) is 6.92 Å². The van der Waals surface area contributed by atoms with Gasteiger partial charge in [-0.1, -0.05) is 0 Å². The minimum Gasteiger partial charge on any atom is -0.478 e. The molecule has 5 nitrogen and oxygen atoms in total. The monoisotopic (exact) mass is 265 g/mol. The summed E-state index contributed by atoms with van der Waals surface area (Å²) in [6, 6.07) is 4.20. The summed E-state index contributed by atoms with van der Waals surface area (Å²) in [7, 11) is 2.17. The first-order valence-corrected chi connectivity index (χ1v) is 6.93. The average molecular weight is 265 g/mol. The molecule has 0 radical (unpaired) electrons. The molecule has 0 aliphatic carbocycles. The maximum Gasteiger partial charge on any atom is 0.240 e. The van der Waals surface area contributed by atoms with Gasteiger partial charge in [0.1, 0.15) is 0 Å². The van der Waals surface area contributed by atoms with Crippen LogP contribution in [0.3, 0.4) is 0 Å². The molecule has 1 aliphatic heterocycles. The van der Waals surface area contributed by atoms with Crippen LogP contribution < -0.4 is 15.2 Å². The van der Waals surface area contributed by atoms with E-state index in [9.17, 15) is 0 Å². The van der Waals surface area contributed by atoms with Crippen molar-refractivity contribution in [2.75, 3.05) is 32.5 Å². The van der Waals surface area contributed by atoms with Gasteiger partial charge >= 0.3 is 0 Å². The van der Waals surface area contributed by atoms with Crippen LogP contribution in [0, 0.1) is 0 Å². The molecular formula is C14H23N3O2. The predicted octanol–water partition coefficient (Wildman–Crippen LogP) is 1.93. The summed E-state index contributed by atoms with van der Waals surface area (Å²) in [6.07, 6.45) is 3.58. The second kappa shape index (κ2) is 6.61. The van der Waals surface area contributed by atoms with Gasteiger partial charge in [0.25, 0.3) is 0 Å². The van der Waals surface area contributed by atoms with Gasteiger partial charge < -0.3 is 20.1 Å². The number of nitrogen functional groups attached to an aromatic ring is 1. The van der Waals surface area contributed by atoms with Crippen LogP contribution in [0.2, 0.25) is 0 Å². The number of pyridine rings is 1. The molecule has 106 valence electrons. The molecule has 1 fully saturated rings. The molecular weight excluding hydrogens is 242 g/mol. The lowest BCUT2D eigenvalue weighted by molar-refractivity contribution is 0.226. The first kappa shape index (κ1) is 13.9. The summed E-state index contributed by atoms with van der Waals surface area (Å²) in [5, 5.41) is 0. The Hall–Kier alpha value is -1.49. The number of nitrogens with zero attached hydrogens (tertiary/aromatic N) is 2. The highest BCUT2D eigenvalue weighted by Gasteiger charge is 2.20. The van der Waals surface area contributed by atoms with E-state index in [0.29, 0.717) is 36.7 Å². The number of nitrogens with two attached hydrogens (primary N) is 1. The molecule has 19 heavy (non-hydrogen) atoms. The molecule has 2 rings (SSSR count). The second-order valence-corrected chi connectivity index (χ2v) is 4.89. The lowest BCUT2D eigenvalue weighted by Gasteiger charge is -2.19. The highest BCUT2D eigenvalue weighted by atomic mass is 16.5. The maximum atomic E-state index is 5.77. The van der Waals surface area contributed by atoms with E-state index in [1.165, 1.54) is 19.4 Å². The van der Waals surface area contributed by atoms with Crippen molar-refractivity contribution in [3.05, 3.63) is 12.1 Å². The smallest absolute Gasteiger partial charge is 0.240 e. The lowest BCUT2D eigenvalue weighted by Crippen LogP contribution is -2.26. The molecule has 2 heterocycles. The molecule has 0 saturated carbocycles. The van der Waals surface area contributed by atoms with E-state index in [1.54, 1.807) is 12.1 Å². The Labute approximate surface area is 114 Å². The minimum absolute atomic E-state index is 0.456. The van der Waals surface area contributed by atoms with Gasteiger partial charge in [0.2, 0.25) is 11.8 Å². The highest BCUT2D eigenvalue weighted by Crippen LogP contribution is 2.23. The summed E-state index contributed by atoms with van der Waals surface area (Å²) < 4.78 is 11.0. The molecule has 0 aromatic carbocycles. The number of aromatic nitrogens is 1. The third kappa shape index (κ3) is 3.73. The van der Waals surface area contributed by atoms with Crippen molar-refractivity contribution in [1.82, 2.24) is 9.88 Å². The molecule has 0 amide bonds. The fourth-order valence-corrected chi connectivity index (χ4v) is 2.41. The van der Waals surface area contributed by atoms with Crippen LogP contribution in [0.5, 0.6) is 11.8 Å². The van der Waals surface area contributed by atoms with Crippen LogP contribution in [0.4, 0.5) is 5.69 Å². The number of ether oxygens (including phenoxy) is 2. The van der Waals surface area contributed by atoms with E-state index in [-0.39, 0.29) is 0 Å². The number of likely N-dealkylation sites (tertiary alicyclic amines) is 1. The fourth-order valence-electron chi connectivity index (χ4n) is 2.41. The van der Waals surface area contributed by atoms with E-state index < -0.39 is 0 Å². The SMILES string of the molecule is CCOc1nc(OCCC2CCCN2C)ccc1N. The molecule has 1 aromatic rings. The molecule has 0 spiro atoms. The predicted molar refractivity (Wildman–Crippen MR) is 75.6 cm³/mol. The number of hydrogen-bond acceptors (Lipinski definition) is 5. The molecule has 5 heteroatoms. The van der Waals surface area contributed by atoms with Crippen molar-refractivity contribution in [2.24, 2.45) is 0 Å². The summed E-state index contributed by atoms with van der Waals surface area (Å²) in [4.78, 5) is 6.66. The first-order valence-electron chi connectivity index (χ1n) is 6.93. The Balaban J connectivity index is 1.83. The zero-order valence-corrected chi connectivity index (χ0v) is 11.8. The standard InChI is InChI=1S/C14H23N3O2/c1-3-18-14-12(15)6-7-13(16-14)19-10-8-11-5-4-9-17(11)2/h6-7,11H,3-5,8-10,15H2,1-2H3. The van der Waals surface area contributed by atoms with Crippen LogP contribution in [-0.4, -0.2) is 42.7 Å². The van der Waals surface area contributed by atoms with Crippen molar-refractivity contribution in [3.8, 4) is 11.8 Å². The maximum absolute atomic E-state index is 5.77. The molecule has 1 atom stereocenters. The summed E-state index contributed by atoms with van der Waals surface area (Å²) in [6.45, 7) is 4.33. The second-order valence-electron chi connectivity index (χ2n) is 4.89. The van der Waals surface area contributed by atoms with Crippen molar-refractivity contribution in [2.45, 2.75) is 32.2 Å². The Kier molecular flexibility index (Phi) is 4.85. The summed E-state index contributed by atoms with van der Waals surface area (Å²) >= 11 is 0. The van der Waals surface area contributed by atoms with Crippen molar-refractivity contribution < 1.29 is 9.47 Å². The Bertz CT molecular complexity index is 412. The zero-order valence-electron chi connectivity index (χ0n) is 11.8. The van der Waals surface area contributed by atoms with Crippen LogP contribution in [0.25, 0.3) is 0 Å². The fraction of sp³-hybridized carbons (Fsp3) is 0.643. The lowest BCUT2D eigenvalue weighted by atomic mass is 10.1. The van der Waals surface area contributed by atoms with Crippen LogP contribution >= 0.6 is 0 Å². The third-order valence-corrected chi connectivity index (χ3v) is 3.52. The van der Waals surface area contributed by atoms with Crippen LogP contribution in [0.1, 0.15) is 26.2 Å². The van der Waals surface area contributed by atoms with Crippen molar-refractivity contribution in [3.63, 3.8) is 0 Å². The van der Waals surface area contributed by atoms with Crippen LogP contribution in [0.15, 0.2) is 12.1 Å². The Morgan fingerprint density at radius 3 is 2.95 bits per heavy atom. The first-order chi connectivity index (χ1) is 9.20. The van der Waals surface area contributed by atoms with Gasteiger partial charge in [0.05, 0.1) is 18.9 Å². The van der Waals surface area contributed by atoms with Gasteiger partial charge in [-0.3, -0.25) is 0 Å². The van der Waals surface area contributed by atoms with Gasteiger partial charge in [0, 0.05) is 12.1 Å². The van der Waals surface area contributed by atoms with Crippen molar-refractivity contribution in [1.29, 1.82) is 0 Å². The number of anilines is 1. The largest absolute Gasteiger partial charge is 0.478 e. The number of rotatable bonds is 6. The third-order valence-electron chi connectivity index (χ3n) is 3.52. The van der Waals surface area contributed by atoms with E-state index in [4.69, 9.17) is 15.2 Å². The molecule has 1 unspecified atom stereocenters. The quantitative estimate of drug-likeness (QED) is 0.851. The van der Waals surface area contributed by atoms with E-state index in [0.717, 1.165) is 6.42 Å². The molecule has 2 N–H and O–H groups in total. The molecule has 1 aliphatic rings. The molecule has 1 aromatic heterocycles. The van der Waals surface area contributed by atoms with Gasteiger partial charge in [0.15, 0.2) is 0 Å². The van der Waals surface area contributed by atoms with Gasteiger partial charge in [-0.05, 0) is 45.8 Å². The van der Waals surface area contributed by atoms with Gasteiger partial charge in [-0.15, -0.1) is 0 Å². The molecule has 1 saturated heterocycles. The average Bonchev–Trinajstić information content (AvgIpc) is 2.79. The minimum atomic E-state index is 0.456. The Morgan fingerprint density at radius 1 is 1.42 bits per heavy atom. The van der Waals surface area contributed by atoms with Gasteiger partial charge in [-0.25, -0.2) is 0 Å². The zero-order chi connectivity index (χ0) is 13.7. The molecule has 0 bridgehead atoms. The van der Waals surface area contributed by atoms with E-state index >= 15 is 0 Å². The Morgan fingerprint density at radius 2 is 2.26 bits per heavy atom. The summed E-state index contributed by atoms with van der Waals surface area (Å²) in [5.41, 5.74) is 6.32. The van der Waals surface area contributed by atoms with E-state index in [2.05, 4.69) is 16.9 Å². The normalized spacial score (nSPS) is 19.6. The van der Waals surface area contributed by atoms with Crippen molar-refractivity contribution >= 4 is 5.69 Å². The van der Waals surface area contributed by atoms with Crippen LogP contribution in [-0.2, 0) is 0 Å². The topological polar surface area (TPSA) is 60.6 Å². The number of hydrogen-bond donors (Lipinski definition) is 1. The summed E-state index contributed by atoms with van der Waals surface area (Å²) in [5.74, 6) is 1.04.